The van der Waals surface area contributed by atoms with E-state index in [2.05, 4.69) is 39.8 Å². The van der Waals surface area contributed by atoms with Crippen LogP contribution in [0.3, 0.4) is 0 Å². The second-order valence-electron chi connectivity index (χ2n) is 8.85. The van der Waals surface area contributed by atoms with Gasteiger partial charge in [-0.3, -0.25) is 0 Å². The Hall–Kier alpha value is -2.00. The number of aryl methyl sites for hydroxylation is 1. The van der Waals surface area contributed by atoms with Crippen LogP contribution >= 0.6 is 0 Å². The maximum Gasteiger partial charge on any atom is 0.123 e. The Morgan fingerprint density at radius 2 is 1.62 bits per heavy atom. The van der Waals surface area contributed by atoms with E-state index in [1.54, 1.807) is 18.2 Å². The molecule has 2 N–H and O–H groups in total. The molecule has 1 aliphatic carbocycles. The summed E-state index contributed by atoms with van der Waals surface area (Å²) in [4.78, 5) is 0. The third-order valence-electron chi connectivity index (χ3n) is 5.85. The van der Waals surface area contributed by atoms with Crippen molar-refractivity contribution in [1.29, 1.82) is 0 Å². The van der Waals surface area contributed by atoms with Crippen LogP contribution in [0.1, 0.15) is 68.9 Å². The summed E-state index contributed by atoms with van der Waals surface area (Å²) >= 11 is 0. The molecule has 0 bridgehead atoms. The predicted molar refractivity (Wildman–Crippen MR) is 105 cm³/mol. The largest absolute Gasteiger partial charge is 0.508 e. The Morgan fingerprint density at radius 1 is 0.962 bits per heavy atom. The lowest BCUT2D eigenvalue weighted by Gasteiger charge is -2.42. The van der Waals surface area contributed by atoms with Crippen molar-refractivity contribution in [2.24, 2.45) is 0 Å². The van der Waals surface area contributed by atoms with Crippen LogP contribution in [0.5, 0.6) is 11.5 Å². The highest BCUT2D eigenvalue weighted by atomic mass is 16.5. The van der Waals surface area contributed by atoms with Crippen molar-refractivity contribution < 1.29 is 14.9 Å². The van der Waals surface area contributed by atoms with Crippen LogP contribution < -0.4 is 4.74 Å². The predicted octanol–water partition coefficient (Wildman–Crippen LogP) is 5.16. The number of fused-ring (bicyclic) bond motifs is 1. The first-order valence-corrected chi connectivity index (χ1v) is 9.35. The van der Waals surface area contributed by atoms with Crippen LogP contribution in [0, 0.1) is 6.92 Å². The molecule has 3 rings (SSSR count). The molecule has 3 heteroatoms. The summed E-state index contributed by atoms with van der Waals surface area (Å²) in [6.07, 6.45) is 1.62. The van der Waals surface area contributed by atoms with E-state index in [9.17, 15) is 10.2 Å². The van der Waals surface area contributed by atoms with Crippen LogP contribution in [-0.4, -0.2) is 16.8 Å². The summed E-state index contributed by atoms with van der Waals surface area (Å²) in [6.45, 7) is 11.1. The van der Waals surface area contributed by atoms with Gasteiger partial charge in [0.05, 0.1) is 0 Å². The van der Waals surface area contributed by atoms with Gasteiger partial charge in [0.1, 0.15) is 24.2 Å². The molecule has 0 heterocycles. The minimum atomic E-state index is -0.704. The molecule has 0 saturated heterocycles. The summed E-state index contributed by atoms with van der Waals surface area (Å²) in [5, 5.41) is 20.4. The molecular formula is C23H30O3. The van der Waals surface area contributed by atoms with Gasteiger partial charge in [0.25, 0.3) is 0 Å². The zero-order chi connectivity index (χ0) is 19.1. The number of hydrogen-bond acceptors (Lipinski definition) is 3. The third-order valence-corrected chi connectivity index (χ3v) is 5.85. The van der Waals surface area contributed by atoms with Crippen molar-refractivity contribution in [2.75, 3.05) is 6.61 Å². The second-order valence-corrected chi connectivity index (χ2v) is 8.85. The first-order valence-electron chi connectivity index (χ1n) is 9.35. The zero-order valence-electron chi connectivity index (χ0n) is 16.5. The highest BCUT2D eigenvalue weighted by Crippen LogP contribution is 2.46. The average Bonchev–Trinajstić information content (AvgIpc) is 2.59. The number of aliphatic hydroxyl groups excluding tert-OH is 1. The second kappa shape index (κ2) is 6.62. The molecule has 0 spiro atoms. The number of benzene rings is 2. The Labute approximate surface area is 156 Å². The van der Waals surface area contributed by atoms with E-state index in [0.29, 0.717) is 5.75 Å². The molecule has 0 fully saturated rings. The minimum absolute atomic E-state index is 0.115. The van der Waals surface area contributed by atoms with Gasteiger partial charge in [-0.1, -0.05) is 52.0 Å². The summed E-state index contributed by atoms with van der Waals surface area (Å²) in [5.74, 6) is 0.765. The van der Waals surface area contributed by atoms with E-state index < -0.39 is 6.10 Å². The van der Waals surface area contributed by atoms with E-state index in [4.69, 9.17) is 4.74 Å². The highest BCUT2D eigenvalue weighted by molar-refractivity contribution is 5.44. The third kappa shape index (κ3) is 3.59. The van der Waals surface area contributed by atoms with E-state index in [0.717, 1.165) is 17.5 Å². The van der Waals surface area contributed by atoms with Crippen molar-refractivity contribution >= 4 is 0 Å². The first kappa shape index (κ1) is 18.8. The molecule has 1 aliphatic rings. The van der Waals surface area contributed by atoms with Gasteiger partial charge < -0.3 is 14.9 Å². The molecule has 1 atom stereocenters. The standard InChI is InChI=1S/C23H30O3/c1-15-6-8-17(13-20(15)24)26-14-21(25)16-7-9-18-19(12-16)23(4,5)11-10-22(18,2)3/h6-9,12-13,21,24-25H,10-11,14H2,1-5H3. The lowest BCUT2D eigenvalue weighted by Crippen LogP contribution is -2.34. The van der Waals surface area contributed by atoms with E-state index >= 15 is 0 Å². The molecule has 26 heavy (non-hydrogen) atoms. The molecule has 0 aromatic heterocycles. The summed E-state index contributed by atoms with van der Waals surface area (Å²) in [7, 11) is 0. The Morgan fingerprint density at radius 3 is 2.27 bits per heavy atom. The number of aromatic hydroxyl groups is 1. The Bertz CT molecular complexity index is 805. The van der Waals surface area contributed by atoms with Crippen LogP contribution in [0.2, 0.25) is 0 Å². The monoisotopic (exact) mass is 354 g/mol. The van der Waals surface area contributed by atoms with Gasteiger partial charge in [0, 0.05) is 6.07 Å². The van der Waals surface area contributed by atoms with Crippen molar-refractivity contribution in [3.05, 3.63) is 58.7 Å². The smallest absolute Gasteiger partial charge is 0.123 e. The zero-order valence-corrected chi connectivity index (χ0v) is 16.5. The number of rotatable bonds is 4. The average molecular weight is 354 g/mol. The molecule has 0 aliphatic heterocycles. The fourth-order valence-corrected chi connectivity index (χ4v) is 3.76. The molecule has 140 valence electrons. The number of phenols is 1. The van der Waals surface area contributed by atoms with Crippen molar-refractivity contribution in [2.45, 2.75) is 64.4 Å². The van der Waals surface area contributed by atoms with Crippen molar-refractivity contribution in [1.82, 2.24) is 0 Å². The van der Waals surface area contributed by atoms with Gasteiger partial charge in [-0.25, -0.2) is 0 Å². The maximum atomic E-state index is 10.6. The number of aliphatic hydroxyl groups is 1. The van der Waals surface area contributed by atoms with E-state index in [1.807, 2.05) is 13.0 Å². The summed E-state index contributed by atoms with van der Waals surface area (Å²) in [6, 6.07) is 11.5. The van der Waals surface area contributed by atoms with Crippen LogP contribution in [-0.2, 0) is 10.8 Å². The van der Waals surface area contributed by atoms with Gasteiger partial charge in [-0.15, -0.1) is 0 Å². The fourth-order valence-electron chi connectivity index (χ4n) is 3.76. The van der Waals surface area contributed by atoms with Gasteiger partial charge in [0.2, 0.25) is 0 Å². The van der Waals surface area contributed by atoms with Gasteiger partial charge in [-0.05, 0) is 58.9 Å². The van der Waals surface area contributed by atoms with Crippen LogP contribution in [0.25, 0.3) is 0 Å². The lowest BCUT2D eigenvalue weighted by molar-refractivity contribution is 0.108. The molecule has 1 unspecified atom stereocenters. The van der Waals surface area contributed by atoms with Crippen molar-refractivity contribution in [3.8, 4) is 11.5 Å². The van der Waals surface area contributed by atoms with E-state index in [-0.39, 0.29) is 23.2 Å². The molecule has 0 saturated carbocycles. The number of hydrogen-bond donors (Lipinski definition) is 2. The number of phenolic OH excluding ortho intramolecular Hbond substituents is 1. The van der Waals surface area contributed by atoms with Gasteiger partial charge >= 0.3 is 0 Å². The van der Waals surface area contributed by atoms with Gasteiger partial charge in [0.15, 0.2) is 0 Å². The molecule has 2 aromatic carbocycles. The highest BCUT2D eigenvalue weighted by Gasteiger charge is 2.37. The summed E-state index contributed by atoms with van der Waals surface area (Å²) in [5.41, 5.74) is 4.68. The topological polar surface area (TPSA) is 49.7 Å². The van der Waals surface area contributed by atoms with Crippen LogP contribution in [0.15, 0.2) is 36.4 Å². The Balaban J connectivity index is 1.80. The maximum absolute atomic E-state index is 10.6. The Kier molecular flexibility index (Phi) is 4.78. The van der Waals surface area contributed by atoms with E-state index in [1.165, 1.54) is 17.5 Å². The van der Waals surface area contributed by atoms with Crippen molar-refractivity contribution in [3.63, 3.8) is 0 Å². The molecule has 2 aromatic rings. The molecule has 0 radical (unpaired) electrons. The molecule has 0 amide bonds. The van der Waals surface area contributed by atoms with Gasteiger partial charge in [-0.2, -0.15) is 0 Å². The molecule has 3 nitrogen and oxygen atoms in total. The quantitative estimate of drug-likeness (QED) is 0.797. The number of ether oxygens (including phenoxy) is 1. The van der Waals surface area contributed by atoms with Crippen LogP contribution in [0.4, 0.5) is 0 Å². The lowest BCUT2D eigenvalue weighted by atomic mass is 9.63. The molecular weight excluding hydrogens is 324 g/mol. The fraction of sp³-hybridized carbons (Fsp3) is 0.478. The normalized spacial score (nSPS) is 18.8. The minimum Gasteiger partial charge on any atom is -0.508 e. The first-order chi connectivity index (χ1) is 12.1. The summed E-state index contributed by atoms with van der Waals surface area (Å²) < 4.78 is 5.69. The SMILES string of the molecule is Cc1ccc(OCC(O)c2ccc3c(c2)C(C)(C)CCC3(C)C)cc1O.